The van der Waals surface area contributed by atoms with Gasteiger partial charge in [-0.15, -0.1) is 0 Å². The molecule has 0 bridgehead atoms. The van der Waals surface area contributed by atoms with Crippen LogP contribution in [-0.2, 0) is 4.79 Å². The van der Waals surface area contributed by atoms with E-state index in [1.54, 1.807) is 0 Å². The fourth-order valence-electron chi connectivity index (χ4n) is 3.56. The topological polar surface area (TPSA) is 84.2 Å². The molecule has 5 nitrogen and oxygen atoms in total. The van der Waals surface area contributed by atoms with E-state index in [0.29, 0.717) is 0 Å². The first-order valence-corrected chi connectivity index (χ1v) is 9.96. The van der Waals surface area contributed by atoms with Gasteiger partial charge in [0.1, 0.15) is 0 Å². The lowest BCUT2D eigenvalue weighted by molar-refractivity contribution is -0.122. The maximum absolute atomic E-state index is 13.0. The average molecular weight is 402 g/mol. The molecular formula is C25H27N3O2. The lowest BCUT2D eigenvalue weighted by Crippen LogP contribution is -2.38. The second-order valence-corrected chi connectivity index (χ2v) is 7.44. The van der Waals surface area contributed by atoms with Gasteiger partial charge in [-0.2, -0.15) is 0 Å². The van der Waals surface area contributed by atoms with Crippen LogP contribution in [0, 0.1) is 13.8 Å². The zero-order valence-electron chi connectivity index (χ0n) is 17.3. The molecule has 0 radical (unpaired) electrons. The van der Waals surface area contributed by atoms with Crippen LogP contribution in [0.3, 0.4) is 0 Å². The van der Waals surface area contributed by atoms with Gasteiger partial charge >= 0.3 is 6.03 Å². The third-order valence-electron chi connectivity index (χ3n) is 5.12. The van der Waals surface area contributed by atoms with Gasteiger partial charge in [0, 0.05) is 0 Å². The minimum absolute atomic E-state index is 0.0863. The molecule has 5 heteroatoms. The number of carbonyl (C=O) groups is 2. The molecule has 3 rings (SSSR count). The summed E-state index contributed by atoms with van der Waals surface area (Å²) in [4.78, 5) is 24.6. The summed E-state index contributed by atoms with van der Waals surface area (Å²) >= 11 is 0. The van der Waals surface area contributed by atoms with Crippen LogP contribution in [0.2, 0.25) is 0 Å². The molecule has 0 saturated heterocycles. The first-order chi connectivity index (χ1) is 14.4. The number of benzene rings is 3. The van der Waals surface area contributed by atoms with Crippen LogP contribution in [0.15, 0.2) is 78.9 Å². The molecule has 2 atom stereocenters. The van der Waals surface area contributed by atoms with Gasteiger partial charge < -0.3 is 16.4 Å². The molecule has 3 aromatic carbocycles. The molecular weight excluding hydrogens is 374 g/mol. The van der Waals surface area contributed by atoms with Gasteiger partial charge in [0.2, 0.25) is 5.91 Å². The molecule has 0 fully saturated rings. The van der Waals surface area contributed by atoms with Crippen LogP contribution in [-0.4, -0.2) is 11.9 Å². The summed E-state index contributed by atoms with van der Waals surface area (Å²) in [6.07, 6.45) is 0.0863. The number of urea groups is 1. The smallest absolute Gasteiger partial charge is 0.312 e. The number of aryl methyl sites for hydroxylation is 2. The predicted molar refractivity (Wildman–Crippen MR) is 119 cm³/mol. The van der Waals surface area contributed by atoms with Gasteiger partial charge in [0.25, 0.3) is 0 Å². The molecule has 0 aromatic heterocycles. The van der Waals surface area contributed by atoms with E-state index in [1.807, 2.05) is 92.7 Å². The van der Waals surface area contributed by atoms with E-state index in [1.165, 1.54) is 0 Å². The summed E-state index contributed by atoms with van der Waals surface area (Å²) < 4.78 is 0. The molecule has 154 valence electrons. The monoisotopic (exact) mass is 401 g/mol. The van der Waals surface area contributed by atoms with E-state index < -0.39 is 12.1 Å². The number of nitrogens with one attached hydrogen (secondary N) is 2. The van der Waals surface area contributed by atoms with Crippen molar-refractivity contribution in [2.24, 2.45) is 5.73 Å². The van der Waals surface area contributed by atoms with Crippen molar-refractivity contribution in [3.8, 4) is 0 Å². The van der Waals surface area contributed by atoms with Crippen LogP contribution >= 0.6 is 0 Å². The number of nitrogens with two attached hydrogens (primary N) is 1. The Hall–Kier alpha value is -3.60. The van der Waals surface area contributed by atoms with Crippen molar-refractivity contribution in [2.45, 2.75) is 32.4 Å². The summed E-state index contributed by atoms with van der Waals surface area (Å²) in [5.74, 6) is -0.175. The largest absolute Gasteiger partial charge is 0.352 e. The molecule has 0 heterocycles. The summed E-state index contributed by atoms with van der Waals surface area (Å²) in [7, 11) is 0. The van der Waals surface area contributed by atoms with E-state index >= 15 is 0 Å². The number of hydrogen-bond acceptors (Lipinski definition) is 2. The lowest BCUT2D eigenvalue weighted by Gasteiger charge is -2.23. The van der Waals surface area contributed by atoms with Crippen molar-refractivity contribution in [1.29, 1.82) is 0 Å². The second-order valence-electron chi connectivity index (χ2n) is 7.44. The van der Waals surface area contributed by atoms with Gasteiger partial charge in [0.05, 0.1) is 18.5 Å². The van der Waals surface area contributed by atoms with Crippen molar-refractivity contribution < 1.29 is 9.59 Å². The van der Waals surface area contributed by atoms with E-state index in [-0.39, 0.29) is 18.4 Å². The normalized spacial score (nSPS) is 12.6. The lowest BCUT2D eigenvalue weighted by atomic mass is 9.96. The van der Waals surface area contributed by atoms with E-state index in [2.05, 4.69) is 10.6 Å². The molecule has 0 aliphatic heterocycles. The molecule has 4 N–H and O–H groups in total. The fraction of sp³-hybridized carbons (Fsp3) is 0.200. The Morgan fingerprint density at radius 1 is 0.800 bits per heavy atom. The molecule has 0 unspecified atom stereocenters. The van der Waals surface area contributed by atoms with Crippen molar-refractivity contribution in [1.82, 2.24) is 10.6 Å². The quantitative estimate of drug-likeness (QED) is 0.551. The number of rotatable bonds is 7. The average Bonchev–Trinajstić information content (AvgIpc) is 2.73. The van der Waals surface area contributed by atoms with Crippen LogP contribution in [0.1, 0.15) is 46.3 Å². The minimum atomic E-state index is -0.658. The summed E-state index contributed by atoms with van der Waals surface area (Å²) in [5, 5.41) is 5.84. The van der Waals surface area contributed by atoms with Crippen LogP contribution in [0.4, 0.5) is 4.79 Å². The van der Waals surface area contributed by atoms with Crippen molar-refractivity contribution in [3.05, 3.63) is 107 Å². The SMILES string of the molecule is Cc1ccc([C@H](NC(=O)C[C@@H](NC(N)=O)c2ccccc2C)c2ccccc2)cc1. The van der Waals surface area contributed by atoms with Gasteiger partial charge in [-0.3, -0.25) is 4.79 Å². The van der Waals surface area contributed by atoms with Crippen molar-refractivity contribution >= 4 is 11.9 Å². The molecule has 0 aliphatic carbocycles. The summed E-state index contributed by atoms with van der Waals surface area (Å²) in [6, 6.07) is 24.1. The Morgan fingerprint density at radius 3 is 2.03 bits per heavy atom. The third-order valence-corrected chi connectivity index (χ3v) is 5.12. The number of hydrogen-bond donors (Lipinski definition) is 3. The zero-order chi connectivity index (χ0) is 21.5. The summed E-state index contributed by atoms with van der Waals surface area (Å²) in [6.45, 7) is 3.98. The van der Waals surface area contributed by atoms with E-state index in [0.717, 1.165) is 27.8 Å². The highest BCUT2D eigenvalue weighted by molar-refractivity contribution is 5.79. The second kappa shape index (κ2) is 9.74. The van der Waals surface area contributed by atoms with Gasteiger partial charge in [0.15, 0.2) is 0 Å². The molecule has 0 aliphatic rings. The van der Waals surface area contributed by atoms with E-state index in [4.69, 9.17) is 5.73 Å². The predicted octanol–water partition coefficient (Wildman–Crippen LogP) is 4.31. The maximum atomic E-state index is 13.0. The molecule has 30 heavy (non-hydrogen) atoms. The molecule has 0 spiro atoms. The number of primary amides is 1. The molecule has 3 amide bonds. The number of amides is 3. The van der Waals surface area contributed by atoms with Crippen molar-refractivity contribution in [2.75, 3.05) is 0 Å². The highest BCUT2D eigenvalue weighted by Gasteiger charge is 2.22. The fourth-order valence-corrected chi connectivity index (χ4v) is 3.56. The zero-order valence-corrected chi connectivity index (χ0v) is 17.3. The van der Waals surface area contributed by atoms with Crippen molar-refractivity contribution in [3.63, 3.8) is 0 Å². The molecule has 0 saturated carbocycles. The van der Waals surface area contributed by atoms with Crippen LogP contribution in [0.5, 0.6) is 0 Å². The minimum Gasteiger partial charge on any atom is -0.352 e. The van der Waals surface area contributed by atoms with Gasteiger partial charge in [-0.1, -0.05) is 84.4 Å². The van der Waals surface area contributed by atoms with Crippen LogP contribution in [0.25, 0.3) is 0 Å². The Morgan fingerprint density at radius 2 is 1.40 bits per heavy atom. The first-order valence-electron chi connectivity index (χ1n) is 9.96. The Balaban J connectivity index is 1.84. The van der Waals surface area contributed by atoms with Crippen LogP contribution < -0.4 is 16.4 Å². The Bertz CT molecular complexity index is 1000. The first kappa shape index (κ1) is 21.1. The number of carbonyl (C=O) groups excluding carboxylic acids is 2. The Kier molecular flexibility index (Phi) is 6.86. The summed E-state index contributed by atoms with van der Waals surface area (Å²) in [5.41, 5.74) is 10.4. The maximum Gasteiger partial charge on any atom is 0.312 e. The highest BCUT2D eigenvalue weighted by Crippen LogP contribution is 2.25. The Labute approximate surface area is 177 Å². The highest BCUT2D eigenvalue weighted by atomic mass is 16.2. The van der Waals surface area contributed by atoms with E-state index in [9.17, 15) is 9.59 Å². The van der Waals surface area contributed by atoms with Gasteiger partial charge in [-0.25, -0.2) is 4.79 Å². The third kappa shape index (κ3) is 5.47. The standard InChI is InChI=1S/C25H27N3O2/c1-17-12-14-20(15-13-17)24(19-9-4-3-5-10-19)28-23(29)16-22(27-25(26)30)21-11-7-6-8-18(21)2/h3-15,22,24H,16H2,1-2H3,(H,28,29)(H3,26,27,30)/t22-,24-/m1/s1. The van der Waals surface area contributed by atoms with Gasteiger partial charge in [-0.05, 0) is 36.1 Å². The molecule has 3 aromatic rings.